The van der Waals surface area contributed by atoms with Crippen molar-refractivity contribution in [3.05, 3.63) is 96.8 Å². The maximum Gasteiger partial charge on any atom is 0.410 e. The molecule has 3 aliphatic rings. The third-order valence-electron chi connectivity index (χ3n) is 9.63. The summed E-state index contributed by atoms with van der Waals surface area (Å²) in [5.74, 6) is -2.33. The fraction of sp³-hybridized carbons (Fsp3) is 0.424. The summed E-state index contributed by atoms with van der Waals surface area (Å²) in [6.45, 7) is 3.41. The van der Waals surface area contributed by atoms with E-state index in [1.165, 1.54) is 86.0 Å². The maximum absolute atomic E-state index is 13.9. The number of esters is 1. The Bertz CT molecular complexity index is 1960. The molecule has 0 unspecified atom stereocenters. The number of benzene rings is 2. The first-order valence-corrected chi connectivity index (χ1v) is 17.4. The highest BCUT2D eigenvalue weighted by atomic mass is 32.2. The van der Waals surface area contributed by atoms with Crippen LogP contribution in [0.5, 0.6) is 0 Å². The number of thioether (sulfide) groups is 1. The molecule has 4 heterocycles. The van der Waals surface area contributed by atoms with Crippen LogP contribution in [-0.4, -0.2) is 107 Å². The van der Waals surface area contributed by atoms with Crippen LogP contribution >= 0.6 is 11.8 Å². The summed E-state index contributed by atoms with van der Waals surface area (Å²) in [4.78, 5) is 80.1. The highest BCUT2D eigenvalue weighted by Crippen LogP contribution is 2.54. The summed E-state index contributed by atoms with van der Waals surface area (Å²) in [7, 11) is 3.15. The van der Waals surface area contributed by atoms with Crippen molar-refractivity contribution in [3.8, 4) is 0 Å². The van der Waals surface area contributed by atoms with E-state index >= 15 is 0 Å². The van der Waals surface area contributed by atoms with Crippen molar-refractivity contribution >= 4 is 47.0 Å². The van der Waals surface area contributed by atoms with Gasteiger partial charge in [-0.1, -0.05) is 6.92 Å². The molecule has 3 amide bonds. The van der Waals surface area contributed by atoms with E-state index in [2.05, 4.69) is 15.5 Å². The number of tetrazole rings is 1. The number of ether oxygens (including phenoxy) is 2. The van der Waals surface area contributed by atoms with E-state index < -0.39 is 51.2 Å². The summed E-state index contributed by atoms with van der Waals surface area (Å²) >= 11 is 1.30. The van der Waals surface area contributed by atoms with Crippen molar-refractivity contribution < 1.29 is 38.5 Å². The van der Waals surface area contributed by atoms with Crippen molar-refractivity contribution in [1.29, 1.82) is 0 Å². The standard InChI is InChI=1S/C33H35N9O10S/c1-18-27-26(19(2)39-17-34-35-36-39)31(44)40(27)28(32(45)51-15-20-5-9-22(10-6-20)41(47)48)29(18)53-24-13-25(30(43)37(3)4)38(14-24)33(46)52-16-21-7-11-23(12-8-21)42(49)50/h5-12,17-19,24-27H,13-16H2,1-4H3/t18-,19-,24+,25+,26-,27-/m1/s1. The van der Waals surface area contributed by atoms with Crippen molar-refractivity contribution in [2.45, 2.75) is 56.9 Å². The molecule has 19 nitrogen and oxygen atoms in total. The van der Waals surface area contributed by atoms with E-state index in [9.17, 15) is 39.4 Å². The Labute approximate surface area is 306 Å². The Morgan fingerprint density at radius 1 is 0.981 bits per heavy atom. The van der Waals surface area contributed by atoms with Gasteiger partial charge < -0.3 is 19.3 Å². The molecule has 0 aliphatic carbocycles. The molecule has 2 aromatic carbocycles. The number of rotatable bonds is 12. The van der Waals surface area contributed by atoms with E-state index in [4.69, 9.17) is 9.47 Å². The fourth-order valence-electron chi connectivity index (χ4n) is 6.86. The molecule has 0 saturated carbocycles. The van der Waals surface area contributed by atoms with E-state index in [1.807, 2.05) is 13.8 Å². The Hall–Kier alpha value is -5.92. The fourth-order valence-corrected chi connectivity index (χ4v) is 8.38. The quantitative estimate of drug-likeness (QED) is 0.112. The second kappa shape index (κ2) is 15.0. The molecule has 0 radical (unpaired) electrons. The lowest BCUT2D eigenvalue weighted by molar-refractivity contribution is -0.385. The molecule has 0 bridgehead atoms. The van der Waals surface area contributed by atoms with Gasteiger partial charge in [-0.05, 0) is 59.2 Å². The number of likely N-dealkylation sites (tertiary alicyclic amines) is 1. The second-order valence-electron chi connectivity index (χ2n) is 13.1. The molecule has 2 fully saturated rings. The first-order valence-electron chi connectivity index (χ1n) is 16.5. The van der Waals surface area contributed by atoms with Gasteiger partial charge in [-0.25, -0.2) is 14.3 Å². The molecule has 53 heavy (non-hydrogen) atoms. The zero-order chi connectivity index (χ0) is 38.1. The average Bonchev–Trinajstić information content (AvgIpc) is 3.88. The van der Waals surface area contributed by atoms with E-state index in [0.717, 1.165) is 0 Å². The van der Waals surface area contributed by atoms with E-state index in [-0.39, 0.29) is 61.0 Å². The van der Waals surface area contributed by atoms with Crippen molar-refractivity contribution in [1.82, 2.24) is 34.9 Å². The molecule has 6 atom stereocenters. The highest BCUT2D eigenvalue weighted by molar-refractivity contribution is 8.03. The number of carbonyl (C=O) groups is 4. The van der Waals surface area contributed by atoms with Crippen LogP contribution in [0.2, 0.25) is 0 Å². The normalized spacial score (nSPS) is 22.6. The number of nitro groups is 2. The van der Waals surface area contributed by atoms with Crippen LogP contribution in [0, 0.1) is 32.1 Å². The van der Waals surface area contributed by atoms with Crippen LogP contribution in [0.1, 0.15) is 37.4 Å². The smallest absolute Gasteiger partial charge is 0.410 e. The molecule has 6 rings (SSSR count). The molecule has 3 aliphatic heterocycles. The average molecular weight is 750 g/mol. The Morgan fingerprint density at radius 2 is 1.57 bits per heavy atom. The summed E-state index contributed by atoms with van der Waals surface area (Å²) in [6, 6.07) is 9.36. The molecular formula is C33H35N9O10S. The Balaban J connectivity index is 1.23. The first-order chi connectivity index (χ1) is 25.3. The summed E-state index contributed by atoms with van der Waals surface area (Å²) in [5.41, 5.74) is 0.865. The van der Waals surface area contributed by atoms with Gasteiger partial charge in [0.2, 0.25) is 11.8 Å². The number of hydrogen-bond donors (Lipinski definition) is 0. The number of nitrogens with zero attached hydrogens (tertiary/aromatic N) is 9. The van der Waals surface area contributed by atoms with Crippen LogP contribution in [-0.2, 0) is 37.1 Å². The van der Waals surface area contributed by atoms with Crippen molar-refractivity contribution in [3.63, 3.8) is 0 Å². The predicted octanol–water partition coefficient (Wildman–Crippen LogP) is 3.08. The largest absolute Gasteiger partial charge is 0.456 e. The van der Waals surface area contributed by atoms with Gasteiger partial charge in [0.15, 0.2) is 0 Å². The van der Waals surface area contributed by atoms with Gasteiger partial charge in [-0.3, -0.25) is 34.7 Å². The number of β-lactam (4-membered cyclic amide) rings is 1. The maximum atomic E-state index is 13.9. The zero-order valence-electron chi connectivity index (χ0n) is 29.0. The van der Waals surface area contributed by atoms with Crippen LogP contribution in [0.15, 0.2) is 65.5 Å². The van der Waals surface area contributed by atoms with Gasteiger partial charge in [0.05, 0.1) is 27.8 Å². The Morgan fingerprint density at radius 3 is 2.09 bits per heavy atom. The minimum atomic E-state index is -0.882. The van der Waals surface area contributed by atoms with Gasteiger partial charge in [0.25, 0.3) is 11.4 Å². The van der Waals surface area contributed by atoms with Crippen molar-refractivity contribution in [2.75, 3.05) is 20.6 Å². The number of fused-ring (bicyclic) bond motifs is 1. The number of non-ortho nitro benzene ring substituents is 2. The lowest BCUT2D eigenvalue weighted by Crippen LogP contribution is -2.62. The van der Waals surface area contributed by atoms with Gasteiger partial charge in [0, 0.05) is 61.0 Å². The minimum Gasteiger partial charge on any atom is -0.456 e. The van der Waals surface area contributed by atoms with Crippen LogP contribution in [0.25, 0.3) is 0 Å². The molecule has 0 spiro atoms. The van der Waals surface area contributed by atoms with Gasteiger partial charge in [0.1, 0.15) is 31.3 Å². The molecule has 20 heteroatoms. The first kappa shape index (κ1) is 36.9. The number of hydrogen-bond acceptors (Lipinski definition) is 14. The molecule has 278 valence electrons. The lowest BCUT2D eigenvalue weighted by atomic mass is 9.78. The van der Waals surface area contributed by atoms with E-state index in [0.29, 0.717) is 16.0 Å². The third-order valence-corrected chi connectivity index (χ3v) is 11.1. The molecule has 0 N–H and O–H groups in total. The lowest BCUT2D eigenvalue weighted by Gasteiger charge is -2.47. The summed E-state index contributed by atoms with van der Waals surface area (Å²) < 4.78 is 12.7. The van der Waals surface area contributed by atoms with Gasteiger partial charge in [-0.2, -0.15) is 0 Å². The predicted molar refractivity (Wildman–Crippen MR) is 184 cm³/mol. The van der Waals surface area contributed by atoms with E-state index in [1.54, 1.807) is 14.1 Å². The monoisotopic (exact) mass is 749 g/mol. The summed E-state index contributed by atoms with van der Waals surface area (Å²) in [5, 5.41) is 33.0. The molecule has 1 aromatic heterocycles. The van der Waals surface area contributed by atoms with Crippen LogP contribution < -0.4 is 0 Å². The number of likely N-dealkylation sites (N-methyl/N-ethyl adjacent to an activating group) is 1. The van der Waals surface area contributed by atoms with Crippen LogP contribution in [0.4, 0.5) is 16.2 Å². The SMILES string of the molecule is C[C@H]([C@H]1C(=O)N2C(C(=O)OCc3ccc([N+](=O)[O-])cc3)=C(S[C@H]3C[C@@H](C(=O)N(C)C)N(C(=O)OCc4ccc([N+](=O)[O-])cc4)C3)[C@H](C)[C@H]12)n1cnnn1. The number of aromatic nitrogens is 4. The molecule has 2 saturated heterocycles. The topological polar surface area (TPSA) is 226 Å². The van der Waals surface area contributed by atoms with Crippen molar-refractivity contribution in [2.24, 2.45) is 11.8 Å². The molecule has 3 aromatic rings. The van der Waals surface area contributed by atoms with Crippen LogP contribution in [0.3, 0.4) is 0 Å². The number of carbonyl (C=O) groups excluding carboxylic acids is 4. The highest BCUT2D eigenvalue weighted by Gasteiger charge is 2.61. The summed E-state index contributed by atoms with van der Waals surface area (Å²) in [6.07, 6.45) is 0.883. The minimum absolute atomic E-state index is 0.0641. The third kappa shape index (κ3) is 7.26. The number of amides is 3. The van der Waals surface area contributed by atoms with Gasteiger partial charge in [-0.15, -0.1) is 16.9 Å². The molecular weight excluding hydrogens is 714 g/mol. The van der Waals surface area contributed by atoms with Gasteiger partial charge >= 0.3 is 12.1 Å². The Kier molecular flexibility index (Phi) is 10.4. The zero-order valence-corrected chi connectivity index (χ0v) is 29.8. The number of nitro benzene ring substituents is 2. The second-order valence-corrected chi connectivity index (χ2v) is 14.5.